The lowest BCUT2D eigenvalue weighted by molar-refractivity contribution is 0.0939. The Morgan fingerprint density at radius 3 is 1.97 bits per heavy atom. The minimum atomic E-state index is -3.63. The molecule has 2 N–H and O–H groups in total. The molecule has 158 valence electrons. The van der Waals surface area contributed by atoms with Crippen molar-refractivity contribution in [1.29, 1.82) is 0 Å². The molecule has 0 spiro atoms. The minimum absolute atomic E-state index is 0.100. The summed E-state index contributed by atoms with van der Waals surface area (Å²) >= 11 is 0. The highest BCUT2D eigenvalue weighted by atomic mass is 32.2. The first-order valence-corrected chi connectivity index (χ1v) is 11.1. The third-order valence-corrected chi connectivity index (χ3v) is 5.74. The van der Waals surface area contributed by atoms with Gasteiger partial charge in [0.2, 0.25) is 10.0 Å². The van der Waals surface area contributed by atoms with Gasteiger partial charge >= 0.3 is 0 Å². The van der Waals surface area contributed by atoms with E-state index in [0.717, 1.165) is 11.3 Å². The van der Waals surface area contributed by atoms with Crippen LogP contribution in [0.2, 0.25) is 0 Å². The number of carbonyl (C=O) groups is 1. The molecule has 0 saturated carbocycles. The molecule has 2 aromatic rings. The van der Waals surface area contributed by atoms with Crippen LogP contribution in [0, 0.1) is 0 Å². The lowest BCUT2D eigenvalue weighted by atomic mass is 10.1. The van der Waals surface area contributed by atoms with Crippen molar-refractivity contribution in [3.8, 4) is 5.75 Å². The number of carbonyl (C=O) groups excluding carboxylic acids is 1. The minimum Gasteiger partial charge on any atom is -0.491 e. The number of rotatable bonds is 7. The standard InChI is InChI=1S/C22H30N2O4S/c1-15(2)28-19-11-7-17(8-12-19)16(3)23-21(25)18-9-13-20(14-10-18)29(26,27)24-22(4,5)6/h7-16,24H,1-6H3,(H,23,25). The number of hydrogen-bond acceptors (Lipinski definition) is 4. The van der Waals surface area contributed by atoms with Crippen LogP contribution in [0.3, 0.4) is 0 Å². The van der Waals surface area contributed by atoms with E-state index in [4.69, 9.17) is 4.74 Å². The first kappa shape index (κ1) is 22.9. The fourth-order valence-corrected chi connectivity index (χ4v) is 4.14. The summed E-state index contributed by atoms with van der Waals surface area (Å²) in [6.07, 6.45) is 0.100. The van der Waals surface area contributed by atoms with Crippen LogP contribution in [0.1, 0.15) is 63.5 Å². The van der Waals surface area contributed by atoms with Crippen molar-refractivity contribution in [1.82, 2.24) is 10.0 Å². The molecular weight excluding hydrogens is 388 g/mol. The quantitative estimate of drug-likeness (QED) is 0.711. The van der Waals surface area contributed by atoms with Crippen molar-refractivity contribution in [2.24, 2.45) is 0 Å². The molecule has 0 saturated heterocycles. The average Bonchev–Trinajstić information content (AvgIpc) is 2.60. The van der Waals surface area contributed by atoms with Crippen LogP contribution in [0.4, 0.5) is 0 Å². The number of ether oxygens (including phenoxy) is 1. The predicted octanol–water partition coefficient (Wildman–Crippen LogP) is 4.04. The van der Waals surface area contributed by atoms with E-state index >= 15 is 0 Å². The van der Waals surface area contributed by atoms with Gasteiger partial charge in [0.1, 0.15) is 5.75 Å². The highest BCUT2D eigenvalue weighted by Crippen LogP contribution is 2.19. The van der Waals surface area contributed by atoms with E-state index in [0.29, 0.717) is 5.56 Å². The van der Waals surface area contributed by atoms with E-state index in [2.05, 4.69) is 10.0 Å². The Bertz CT molecular complexity index is 928. The Morgan fingerprint density at radius 2 is 1.48 bits per heavy atom. The van der Waals surface area contributed by atoms with Crippen molar-refractivity contribution in [3.63, 3.8) is 0 Å². The second-order valence-electron chi connectivity index (χ2n) is 8.31. The molecule has 29 heavy (non-hydrogen) atoms. The summed E-state index contributed by atoms with van der Waals surface area (Å²) in [4.78, 5) is 12.7. The molecule has 0 aromatic heterocycles. The maximum absolute atomic E-state index is 12.5. The van der Waals surface area contributed by atoms with E-state index in [9.17, 15) is 13.2 Å². The van der Waals surface area contributed by atoms with Crippen LogP contribution < -0.4 is 14.8 Å². The Kier molecular flexibility index (Phi) is 7.08. The normalized spacial score (nSPS) is 13.2. The summed E-state index contributed by atoms with van der Waals surface area (Å²) in [5, 5.41) is 2.92. The lowest BCUT2D eigenvalue weighted by Crippen LogP contribution is -2.40. The molecular formula is C22H30N2O4S. The molecule has 0 heterocycles. The molecule has 7 heteroatoms. The monoisotopic (exact) mass is 418 g/mol. The smallest absolute Gasteiger partial charge is 0.251 e. The summed E-state index contributed by atoms with van der Waals surface area (Å²) < 4.78 is 32.9. The van der Waals surface area contributed by atoms with Gasteiger partial charge in [-0.1, -0.05) is 12.1 Å². The van der Waals surface area contributed by atoms with Crippen LogP contribution in [-0.4, -0.2) is 26.0 Å². The lowest BCUT2D eigenvalue weighted by Gasteiger charge is -2.20. The van der Waals surface area contributed by atoms with Crippen molar-refractivity contribution < 1.29 is 17.9 Å². The fraction of sp³-hybridized carbons (Fsp3) is 0.409. The summed E-state index contributed by atoms with van der Waals surface area (Å²) in [6, 6.07) is 13.3. The number of amides is 1. The topological polar surface area (TPSA) is 84.5 Å². The molecule has 6 nitrogen and oxygen atoms in total. The van der Waals surface area contributed by atoms with Gasteiger partial charge in [0, 0.05) is 11.1 Å². The molecule has 0 aliphatic heterocycles. The first-order chi connectivity index (χ1) is 13.4. The third-order valence-electron chi connectivity index (χ3n) is 3.97. The van der Waals surface area contributed by atoms with E-state index in [1.165, 1.54) is 24.3 Å². The van der Waals surface area contributed by atoms with Crippen molar-refractivity contribution >= 4 is 15.9 Å². The number of sulfonamides is 1. The number of hydrogen-bond donors (Lipinski definition) is 2. The molecule has 2 rings (SSSR count). The Labute approximate surface area is 173 Å². The molecule has 1 unspecified atom stereocenters. The molecule has 1 amide bonds. The average molecular weight is 419 g/mol. The molecule has 0 bridgehead atoms. The van der Waals surface area contributed by atoms with Gasteiger partial charge in [0.15, 0.2) is 0 Å². The largest absolute Gasteiger partial charge is 0.491 e. The fourth-order valence-electron chi connectivity index (χ4n) is 2.72. The maximum Gasteiger partial charge on any atom is 0.251 e. The van der Waals surface area contributed by atoms with Crippen molar-refractivity contribution in [2.45, 2.75) is 64.1 Å². The van der Waals surface area contributed by atoms with Gasteiger partial charge in [0.05, 0.1) is 17.0 Å². The highest BCUT2D eigenvalue weighted by molar-refractivity contribution is 7.89. The van der Waals surface area contributed by atoms with Gasteiger partial charge < -0.3 is 10.1 Å². The molecule has 0 aliphatic rings. The molecule has 0 radical (unpaired) electrons. The zero-order valence-corrected chi connectivity index (χ0v) is 18.6. The summed E-state index contributed by atoms with van der Waals surface area (Å²) in [5.41, 5.74) is 0.759. The zero-order chi connectivity index (χ0) is 21.8. The Balaban J connectivity index is 2.05. The second kappa shape index (κ2) is 8.97. The van der Waals surface area contributed by atoms with E-state index < -0.39 is 15.6 Å². The van der Waals surface area contributed by atoms with Crippen LogP contribution in [0.5, 0.6) is 5.75 Å². The van der Waals surface area contributed by atoms with Crippen molar-refractivity contribution in [3.05, 3.63) is 59.7 Å². The summed E-state index contributed by atoms with van der Waals surface area (Å²) in [6.45, 7) is 11.1. The molecule has 2 aromatic carbocycles. The third kappa shape index (κ3) is 6.87. The maximum atomic E-state index is 12.5. The van der Waals surface area contributed by atoms with Gasteiger partial charge in [-0.3, -0.25) is 4.79 Å². The van der Waals surface area contributed by atoms with Gasteiger partial charge in [-0.2, -0.15) is 0 Å². The Morgan fingerprint density at radius 1 is 0.931 bits per heavy atom. The molecule has 0 aliphatic carbocycles. The summed E-state index contributed by atoms with van der Waals surface area (Å²) in [7, 11) is -3.63. The Hall–Kier alpha value is -2.38. The van der Waals surface area contributed by atoms with Gasteiger partial charge in [-0.05, 0) is 83.5 Å². The van der Waals surface area contributed by atoms with Gasteiger partial charge in [-0.25, -0.2) is 13.1 Å². The first-order valence-electron chi connectivity index (χ1n) is 9.59. The predicted molar refractivity (Wildman–Crippen MR) is 115 cm³/mol. The van der Waals surface area contributed by atoms with Gasteiger partial charge in [-0.15, -0.1) is 0 Å². The zero-order valence-electron chi connectivity index (χ0n) is 17.8. The van der Waals surface area contributed by atoms with E-state index in [-0.39, 0.29) is 22.9 Å². The number of nitrogens with one attached hydrogen (secondary N) is 2. The number of benzene rings is 2. The molecule has 0 fully saturated rings. The van der Waals surface area contributed by atoms with E-state index in [1.54, 1.807) is 20.8 Å². The van der Waals surface area contributed by atoms with Crippen molar-refractivity contribution in [2.75, 3.05) is 0 Å². The summed E-state index contributed by atoms with van der Waals surface area (Å²) in [5.74, 6) is 0.510. The van der Waals surface area contributed by atoms with Gasteiger partial charge in [0.25, 0.3) is 5.91 Å². The molecule has 1 atom stereocenters. The van der Waals surface area contributed by atoms with Crippen LogP contribution in [0.25, 0.3) is 0 Å². The highest BCUT2D eigenvalue weighted by Gasteiger charge is 2.22. The van der Waals surface area contributed by atoms with Crippen LogP contribution in [0.15, 0.2) is 53.4 Å². The van der Waals surface area contributed by atoms with Crippen LogP contribution >= 0.6 is 0 Å². The second-order valence-corrected chi connectivity index (χ2v) is 9.99. The van der Waals surface area contributed by atoms with E-state index in [1.807, 2.05) is 45.0 Å². The SMILES string of the molecule is CC(C)Oc1ccc(C(C)NC(=O)c2ccc(S(=O)(=O)NC(C)(C)C)cc2)cc1. The van der Waals surface area contributed by atoms with Crippen LogP contribution in [-0.2, 0) is 10.0 Å².